The number of oxazole rings is 1. The van der Waals surface area contributed by atoms with Gasteiger partial charge in [0, 0.05) is 5.56 Å². The zero-order chi connectivity index (χ0) is 9.26. The highest BCUT2D eigenvalue weighted by atomic mass is 16.3. The summed E-state index contributed by atoms with van der Waals surface area (Å²) in [5.74, 6) is 0.649. The maximum Gasteiger partial charge on any atom is 0.227 e. The number of hydrogen-bond acceptors (Lipinski definition) is 2. The van der Waals surface area contributed by atoms with Crippen molar-refractivity contribution < 1.29 is 4.42 Å². The van der Waals surface area contributed by atoms with Crippen LogP contribution in [0.4, 0.5) is 0 Å². The summed E-state index contributed by atoms with van der Waals surface area (Å²) in [6.45, 7) is 4.10. The molecule has 0 saturated heterocycles. The van der Waals surface area contributed by atoms with E-state index in [1.54, 1.807) is 6.20 Å². The van der Waals surface area contributed by atoms with Crippen molar-refractivity contribution >= 4 is 0 Å². The molecule has 0 aliphatic carbocycles. The lowest BCUT2D eigenvalue weighted by atomic mass is 10.0. The van der Waals surface area contributed by atoms with Crippen molar-refractivity contribution in [2.24, 2.45) is 0 Å². The summed E-state index contributed by atoms with van der Waals surface area (Å²) in [7, 11) is 0. The fourth-order valence-electron chi connectivity index (χ4n) is 1.46. The largest absolute Gasteiger partial charge is 0.433 e. The van der Waals surface area contributed by atoms with E-state index in [0.29, 0.717) is 5.89 Å². The van der Waals surface area contributed by atoms with E-state index in [1.807, 2.05) is 32.0 Å². The van der Waals surface area contributed by atoms with Crippen LogP contribution in [-0.2, 0) is 0 Å². The van der Waals surface area contributed by atoms with E-state index in [0.717, 1.165) is 5.56 Å². The summed E-state index contributed by atoms with van der Waals surface area (Å²) in [5.41, 5.74) is 3.43. The summed E-state index contributed by atoms with van der Waals surface area (Å²) in [5, 5.41) is 0. The smallest absolute Gasteiger partial charge is 0.227 e. The standard InChI is InChI=1S/C11H10NO/c1-8-4-3-5-9(2)10(8)11-12-6-7-13-11/h3-6H,1-2H3. The topological polar surface area (TPSA) is 26.0 Å². The SMILES string of the molecule is Cc1cccc(C)c1-c1nc[c]o1. The molecule has 0 aliphatic heterocycles. The second-order valence-corrected chi connectivity index (χ2v) is 3.05. The first-order valence-corrected chi connectivity index (χ1v) is 4.17. The van der Waals surface area contributed by atoms with Crippen molar-refractivity contribution in [1.29, 1.82) is 0 Å². The molecule has 0 amide bonds. The molecule has 65 valence electrons. The van der Waals surface area contributed by atoms with Gasteiger partial charge in [-0.15, -0.1) is 0 Å². The number of nitrogens with zero attached hydrogens (tertiary/aromatic N) is 1. The highest BCUT2D eigenvalue weighted by Crippen LogP contribution is 2.24. The second kappa shape index (κ2) is 3.05. The third kappa shape index (κ3) is 1.35. The van der Waals surface area contributed by atoms with Crippen LogP contribution in [-0.4, -0.2) is 4.98 Å². The Bertz CT molecular complexity index is 384. The molecule has 2 aromatic rings. The zero-order valence-corrected chi connectivity index (χ0v) is 7.66. The van der Waals surface area contributed by atoms with Crippen LogP contribution in [0.2, 0.25) is 0 Å². The normalized spacial score (nSPS) is 10.3. The monoisotopic (exact) mass is 172 g/mol. The Morgan fingerprint density at radius 2 is 1.92 bits per heavy atom. The predicted molar refractivity (Wildman–Crippen MR) is 50.2 cm³/mol. The van der Waals surface area contributed by atoms with E-state index < -0.39 is 0 Å². The lowest BCUT2D eigenvalue weighted by Gasteiger charge is -2.04. The first-order valence-electron chi connectivity index (χ1n) is 4.17. The number of rotatable bonds is 1. The molecule has 0 aliphatic rings. The van der Waals surface area contributed by atoms with Crippen molar-refractivity contribution in [2.45, 2.75) is 13.8 Å². The molecular weight excluding hydrogens is 162 g/mol. The van der Waals surface area contributed by atoms with Crippen molar-refractivity contribution in [2.75, 3.05) is 0 Å². The lowest BCUT2D eigenvalue weighted by Crippen LogP contribution is -1.86. The first-order chi connectivity index (χ1) is 6.29. The van der Waals surface area contributed by atoms with E-state index >= 15 is 0 Å². The molecule has 2 heteroatoms. The van der Waals surface area contributed by atoms with Crippen LogP contribution >= 0.6 is 0 Å². The summed E-state index contributed by atoms with van der Waals surface area (Å²) in [6.07, 6.45) is 4.14. The Kier molecular flexibility index (Phi) is 1.89. The minimum Gasteiger partial charge on any atom is -0.433 e. The molecule has 1 aromatic heterocycles. The number of hydrogen-bond donors (Lipinski definition) is 0. The van der Waals surface area contributed by atoms with Gasteiger partial charge in [0.25, 0.3) is 0 Å². The number of benzene rings is 1. The van der Waals surface area contributed by atoms with E-state index in [1.165, 1.54) is 11.1 Å². The molecule has 2 rings (SSSR count). The van der Waals surface area contributed by atoms with E-state index in [4.69, 9.17) is 4.42 Å². The van der Waals surface area contributed by atoms with Crippen LogP contribution in [0.5, 0.6) is 0 Å². The van der Waals surface area contributed by atoms with E-state index in [-0.39, 0.29) is 0 Å². The van der Waals surface area contributed by atoms with Gasteiger partial charge in [-0.05, 0) is 25.0 Å². The van der Waals surface area contributed by atoms with Gasteiger partial charge in [0.2, 0.25) is 5.89 Å². The molecule has 1 heterocycles. The van der Waals surface area contributed by atoms with Crippen LogP contribution in [0.3, 0.4) is 0 Å². The zero-order valence-electron chi connectivity index (χ0n) is 7.66. The van der Waals surface area contributed by atoms with Gasteiger partial charge in [0.05, 0.1) is 6.20 Å². The lowest BCUT2D eigenvalue weighted by molar-refractivity contribution is 0.565. The predicted octanol–water partition coefficient (Wildman–Crippen LogP) is 2.76. The summed E-state index contributed by atoms with van der Waals surface area (Å²) in [4.78, 5) is 4.09. The fraction of sp³-hybridized carbons (Fsp3) is 0.182. The van der Waals surface area contributed by atoms with Crippen LogP contribution in [0.25, 0.3) is 11.5 Å². The molecule has 1 radical (unpaired) electrons. The summed E-state index contributed by atoms with van der Waals surface area (Å²) < 4.78 is 5.15. The summed E-state index contributed by atoms with van der Waals surface area (Å²) >= 11 is 0. The highest BCUT2D eigenvalue weighted by Gasteiger charge is 2.08. The minimum absolute atomic E-state index is 0.649. The van der Waals surface area contributed by atoms with Gasteiger partial charge in [-0.3, -0.25) is 0 Å². The average molecular weight is 172 g/mol. The van der Waals surface area contributed by atoms with Crippen LogP contribution in [0.1, 0.15) is 11.1 Å². The van der Waals surface area contributed by atoms with Crippen LogP contribution < -0.4 is 0 Å². The molecule has 13 heavy (non-hydrogen) atoms. The van der Waals surface area contributed by atoms with Crippen molar-refractivity contribution in [3.63, 3.8) is 0 Å². The Hall–Kier alpha value is -1.57. The number of aromatic nitrogens is 1. The van der Waals surface area contributed by atoms with Crippen LogP contribution in [0.15, 0.2) is 28.8 Å². The molecule has 0 bridgehead atoms. The Morgan fingerprint density at radius 1 is 1.23 bits per heavy atom. The van der Waals surface area contributed by atoms with Crippen molar-refractivity contribution in [1.82, 2.24) is 4.98 Å². The highest BCUT2D eigenvalue weighted by molar-refractivity contribution is 5.62. The summed E-state index contributed by atoms with van der Waals surface area (Å²) in [6, 6.07) is 6.12. The van der Waals surface area contributed by atoms with Gasteiger partial charge in [-0.2, -0.15) is 0 Å². The van der Waals surface area contributed by atoms with Gasteiger partial charge in [-0.25, -0.2) is 4.98 Å². The van der Waals surface area contributed by atoms with Gasteiger partial charge in [0.15, 0.2) is 6.26 Å². The quantitative estimate of drug-likeness (QED) is 0.661. The molecule has 0 spiro atoms. The molecule has 0 N–H and O–H groups in total. The van der Waals surface area contributed by atoms with Gasteiger partial charge in [-0.1, -0.05) is 18.2 Å². The maximum absolute atomic E-state index is 5.15. The second-order valence-electron chi connectivity index (χ2n) is 3.05. The minimum atomic E-state index is 0.649. The molecule has 0 saturated carbocycles. The van der Waals surface area contributed by atoms with E-state index in [2.05, 4.69) is 11.2 Å². The Labute approximate surface area is 77.2 Å². The molecule has 1 aromatic carbocycles. The number of aryl methyl sites for hydroxylation is 2. The van der Waals surface area contributed by atoms with Gasteiger partial charge >= 0.3 is 0 Å². The third-order valence-corrected chi connectivity index (χ3v) is 2.09. The third-order valence-electron chi connectivity index (χ3n) is 2.09. The molecular formula is C11H10NO. The van der Waals surface area contributed by atoms with Gasteiger partial charge in [0.1, 0.15) is 0 Å². The van der Waals surface area contributed by atoms with E-state index in [9.17, 15) is 0 Å². The maximum atomic E-state index is 5.15. The van der Waals surface area contributed by atoms with Gasteiger partial charge < -0.3 is 4.42 Å². The Morgan fingerprint density at radius 3 is 2.46 bits per heavy atom. The molecule has 0 fully saturated rings. The fourth-order valence-corrected chi connectivity index (χ4v) is 1.46. The molecule has 0 atom stereocenters. The van der Waals surface area contributed by atoms with Crippen molar-refractivity contribution in [3.05, 3.63) is 41.8 Å². The molecule has 2 nitrogen and oxygen atoms in total. The van der Waals surface area contributed by atoms with Crippen LogP contribution in [0, 0.1) is 20.1 Å². The molecule has 0 unspecified atom stereocenters. The first kappa shape index (κ1) is 8.05. The Balaban J connectivity index is 2.64. The van der Waals surface area contributed by atoms with Crippen molar-refractivity contribution in [3.8, 4) is 11.5 Å². The average Bonchev–Trinajstić information content (AvgIpc) is 2.57.